The number of carbonyl (C=O) groups excluding carboxylic acids is 2. The smallest absolute Gasteiger partial charge is 0.408 e. The highest BCUT2D eigenvalue weighted by Crippen LogP contribution is 2.28. The first-order valence-electron chi connectivity index (χ1n) is 10.9. The maximum absolute atomic E-state index is 12.9. The summed E-state index contributed by atoms with van der Waals surface area (Å²) in [4.78, 5) is 25.0. The number of benzene rings is 2. The van der Waals surface area contributed by atoms with Gasteiger partial charge in [0, 0.05) is 16.7 Å². The Bertz CT molecular complexity index is 1100. The molecule has 0 aliphatic rings. The van der Waals surface area contributed by atoms with Crippen LogP contribution in [0.5, 0.6) is 0 Å². The Kier molecular flexibility index (Phi) is 7.48. The van der Waals surface area contributed by atoms with E-state index in [1.165, 1.54) is 0 Å². The zero-order valence-corrected chi connectivity index (χ0v) is 19.6. The van der Waals surface area contributed by atoms with Crippen LogP contribution in [0.1, 0.15) is 51.1 Å². The van der Waals surface area contributed by atoms with Gasteiger partial charge in [-0.1, -0.05) is 64.1 Å². The summed E-state index contributed by atoms with van der Waals surface area (Å²) >= 11 is 0. The minimum absolute atomic E-state index is 0.132. The number of nitrogens with zero attached hydrogens (tertiary/aromatic N) is 2. The molecule has 0 saturated heterocycles. The van der Waals surface area contributed by atoms with Gasteiger partial charge in [-0.2, -0.15) is 0 Å². The lowest BCUT2D eigenvalue weighted by Gasteiger charge is -2.18. The zero-order valence-electron chi connectivity index (χ0n) is 19.6. The molecule has 0 unspecified atom stereocenters. The zero-order chi connectivity index (χ0) is 24.0. The van der Waals surface area contributed by atoms with Crippen LogP contribution in [0.15, 0.2) is 52.9 Å². The molecule has 2 aromatic carbocycles. The highest BCUT2D eigenvalue weighted by atomic mass is 16.5. The highest BCUT2D eigenvalue weighted by Gasteiger charge is 2.23. The molecule has 3 aromatic rings. The first-order valence-corrected chi connectivity index (χ1v) is 10.9. The van der Waals surface area contributed by atoms with E-state index >= 15 is 0 Å². The lowest BCUT2D eigenvalue weighted by molar-refractivity contribution is -0.118. The molecule has 8 heteroatoms. The largest absolute Gasteiger partial charge is 0.445 e. The van der Waals surface area contributed by atoms with Crippen molar-refractivity contribution in [1.29, 1.82) is 0 Å². The molecule has 1 heterocycles. The molecule has 2 N–H and O–H groups in total. The molecule has 0 bridgehead atoms. The van der Waals surface area contributed by atoms with Crippen molar-refractivity contribution in [2.45, 2.75) is 59.1 Å². The number of ether oxygens (including phenoxy) is 1. The summed E-state index contributed by atoms with van der Waals surface area (Å²) in [7, 11) is 0. The average molecular weight is 451 g/mol. The van der Waals surface area contributed by atoms with Gasteiger partial charge < -0.3 is 19.8 Å². The Balaban J connectivity index is 1.65. The number of alkyl carbamates (subject to hydrolysis) is 1. The summed E-state index contributed by atoms with van der Waals surface area (Å²) in [6, 6.07) is 14.1. The summed E-state index contributed by atoms with van der Waals surface area (Å²) in [6.07, 6.45) is -0.240. The Morgan fingerprint density at radius 2 is 1.82 bits per heavy atom. The van der Waals surface area contributed by atoms with Crippen LogP contribution in [0.25, 0.3) is 11.5 Å². The van der Waals surface area contributed by atoms with Crippen molar-refractivity contribution in [1.82, 2.24) is 15.5 Å². The van der Waals surface area contributed by atoms with Crippen molar-refractivity contribution < 1.29 is 18.7 Å². The van der Waals surface area contributed by atoms with Crippen LogP contribution in [0.4, 0.5) is 10.5 Å². The first-order chi connectivity index (χ1) is 15.7. The molecule has 0 aliphatic carbocycles. The van der Waals surface area contributed by atoms with Gasteiger partial charge in [0.05, 0.1) is 0 Å². The van der Waals surface area contributed by atoms with E-state index in [9.17, 15) is 9.59 Å². The second kappa shape index (κ2) is 10.3. The fourth-order valence-electron chi connectivity index (χ4n) is 3.01. The van der Waals surface area contributed by atoms with Gasteiger partial charge in [0.25, 0.3) is 0 Å². The predicted molar refractivity (Wildman–Crippen MR) is 126 cm³/mol. The third-order valence-corrected chi connectivity index (χ3v) is 5.04. The number of rotatable bonds is 7. The maximum Gasteiger partial charge on any atom is 0.408 e. The number of nitrogens with one attached hydrogen (secondary N) is 2. The van der Waals surface area contributed by atoms with Crippen molar-refractivity contribution in [2.75, 3.05) is 5.32 Å². The monoisotopic (exact) mass is 450 g/mol. The summed E-state index contributed by atoms with van der Waals surface area (Å²) in [6.45, 7) is 9.82. The van der Waals surface area contributed by atoms with Gasteiger partial charge >= 0.3 is 6.09 Å². The van der Waals surface area contributed by atoms with E-state index in [1.807, 2.05) is 77.1 Å². The number of anilines is 1. The van der Waals surface area contributed by atoms with E-state index in [-0.39, 0.29) is 17.9 Å². The van der Waals surface area contributed by atoms with Crippen molar-refractivity contribution in [2.24, 2.45) is 0 Å². The minimum Gasteiger partial charge on any atom is -0.445 e. The summed E-state index contributed by atoms with van der Waals surface area (Å²) in [5, 5.41) is 13.8. The number of aromatic nitrogens is 2. The van der Waals surface area contributed by atoms with E-state index in [0.29, 0.717) is 29.5 Å². The molecule has 0 spiro atoms. The van der Waals surface area contributed by atoms with Gasteiger partial charge in [0.2, 0.25) is 17.7 Å². The van der Waals surface area contributed by atoms with Gasteiger partial charge in [-0.25, -0.2) is 4.79 Å². The SMILES string of the molecule is CC[C@H](NC(=O)OCc1ccccc1)C(=O)Nc1cc(-c2nnc(C(C)(C)C)o2)ccc1C. The number of hydrogen-bond donors (Lipinski definition) is 2. The number of aryl methyl sites for hydroxylation is 1. The Morgan fingerprint density at radius 1 is 1.09 bits per heavy atom. The minimum atomic E-state index is -0.743. The van der Waals surface area contributed by atoms with Gasteiger partial charge in [0.1, 0.15) is 12.6 Å². The van der Waals surface area contributed by atoms with E-state index in [4.69, 9.17) is 9.15 Å². The van der Waals surface area contributed by atoms with Crippen molar-refractivity contribution in [3.05, 3.63) is 65.5 Å². The number of carbonyl (C=O) groups is 2. The van der Waals surface area contributed by atoms with E-state index in [1.54, 1.807) is 6.07 Å². The van der Waals surface area contributed by atoms with Crippen LogP contribution >= 0.6 is 0 Å². The van der Waals surface area contributed by atoms with Crippen LogP contribution in [0.3, 0.4) is 0 Å². The van der Waals surface area contributed by atoms with Gasteiger partial charge in [0.15, 0.2) is 0 Å². The maximum atomic E-state index is 12.9. The van der Waals surface area contributed by atoms with Crippen molar-refractivity contribution >= 4 is 17.7 Å². The quantitative estimate of drug-likeness (QED) is 0.525. The third-order valence-electron chi connectivity index (χ3n) is 5.04. The van der Waals surface area contributed by atoms with Crippen LogP contribution in [0.2, 0.25) is 0 Å². The molecular formula is C25H30N4O4. The Hall–Kier alpha value is -3.68. The predicted octanol–water partition coefficient (Wildman–Crippen LogP) is 4.99. The lowest BCUT2D eigenvalue weighted by atomic mass is 9.97. The lowest BCUT2D eigenvalue weighted by Crippen LogP contribution is -2.43. The fraction of sp³-hybridized carbons (Fsp3) is 0.360. The summed E-state index contributed by atoms with van der Waals surface area (Å²) in [5.74, 6) is 0.577. The Morgan fingerprint density at radius 3 is 2.45 bits per heavy atom. The van der Waals surface area contributed by atoms with Crippen LogP contribution < -0.4 is 10.6 Å². The third kappa shape index (κ3) is 6.41. The van der Waals surface area contributed by atoms with Gasteiger partial charge in [-0.3, -0.25) is 4.79 Å². The fourth-order valence-corrected chi connectivity index (χ4v) is 3.01. The average Bonchev–Trinajstić information content (AvgIpc) is 3.29. The molecule has 0 radical (unpaired) electrons. The van der Waals surface area contributed by atoms with E-state index in [0.717, 1.165) is 11.1 Å². The molecular weight excluding hydrogens is 420 g/mol. The first kappa shape index (κ1) is 24.0. The molecule has 8 nitrogen and oxygen atoms in total. The van der Waals surface area contributed by atoms with E-state index in [2.05, 4.69) is 20.8 Å². The van der Waals surface area contributed by atoms with Crippen LogP contribution in [-0.4, -0.2) is 28.2 Å². The molecule has 0 saturated carbocycles. The summed E-state index contributed by atoms with van der Waals surface area (Å²) in [5.41, 5.74) is 2.77. The van der Waals surface area contributed by atoms with Gasteiger partial charge in [-0.15, -0.1) is 10.2 Å². The molecule has 0 aliphatic heterocycles. The standard InChI is InChI=1S/C25H30N4O4/c1-6-19(27-24(31)32-15-17-10-8-7-9-11-17)21(30)26-20-14-18(13-12-16(20)2)22-28-29-23(33-22)25(3,4)5/h7-14,19H,6,15H2,1-5H3,(H,26,30)(H,27,31)/t19-/m0/s1. The molecule has 1 atom stereocenters. The van der Waals surface area contributed by atoms with Crippen LogP contribution in [0, 0.1) is 6.92 Å². The van der Waals surface area contributed by atoms with Crippen LogP contribution in [-0.2, 0) is 21.6 Å². The topological polar surface area (TPSA) is 106 Å². The highest BCUT2D eigenvalue weighted by molar-refractivity contribution is 5.97. The second-order valence-corrected chi connectivity index (χ2v) is 8.85. The molecule has 174 valence electrons. The molecule has 1 aromatic heterocycles. The van der Waals surface area contributed by atoms with Crippen molar-refractivity contribution in [3.8, 4) is 11.5 Å². The van der Waals surface area contributed by atoms with Crippen molar-refractivity contribution in [3.63, 3.8) is 0 Å². The van der Waals surface area contributed by atoms with Gasteiger partial charge in [-0.05, 0) is 36.6 Å². The normalized spacial score (nSPS) is 12.2. The Labute approximate surface area is 193 Å². The molecule has 33 heavy (non-hydrogen) atoms. The second-order valence-electron chi connectivity index (χ2n) is 8.85. The number of hydrogen-bond acceptors (Lipinski definition) is 6. The molecule has 2 amide bonds. The molecule has 0 fully saturated rings. The molecule has 3 rings (SSSR count). The number of amides is 2. The van der Waals surface area contributed by atoms with E-state index < -0.39 is 12.1 Å². The summed E-state index contributed by atoms with van der Waals surface area (Å²) < 4.78 is 11.0.